The van der Waals surface area contributed by atoms with E-state index in [9.17, 15) is 19.8 Å². The molecule has 3 fully saturated rings. The summed E-state index contributed by atoms with van der Waals surface area (Å²) < 4.78 is 13.7. The maximum absolute atomic E-state index is 14.6. The number of carbonyl (C=O) groups is 2. The summed E-state index contributed by atoms with van der Waals surface area (Å²) in [7, 11) is 0. The number of hydrogen-bond donors (Lipinski definition) is 2. The van der Waals surface area contributed by atoms with Crippen molar-refractivity contribution in [1.82, 2.24) is 4.90 Å². The highest BCUT2D eigenvalue weighted by molar-refractivity contribution is 6.18. The van der Waals surface area contributed by atoms with Crippen LogP contribution in [0.1, 0.15) is 50.0 Å². The number of nitrogens with zero attached hydrogens (tertiary/aromatic N) is 2. The largest absolute Gasteiger partial charge is 0.507 e. The number of ether oxygens (including phenoxy) is 2. The zero-order valence-electron chi connectivity index (χ0n) is 26.5. The lowest BCUT2D eigenvalue weighted by Gasteiger charge is -2.59. The van der Waals surface area contributed by atoms with Gasteiger partial charge in [0.05, 0.1) is 6.61 Å². The third-order valence-electron chi connectivity index (χ3n) is 10.6. The van der Waals surface area contributed by atoms with Crippen molar-refractivity contribution in [3.05, 3.63) is 82.5 Å². The number of ketones is 2. The molecule has 0 amide bonds. The molecule has 3 aliphatic carbocycles. The van der Waals surface area contributed by atoms with E-state index in [2.05, 4.69) is 34.1 Å². The highest BCUT2D eigenvalue weighted by atomic mass is 16.6. The minimum Gasteiger partial charge on any atom is -0.507 e. The molecule has 8 rings (SSSR count). The number of allylic oxidation sites excluding steroid dienone is 4. The molecular formula is C37H42N2O6. The number of rotatable bonds is 7. The number of carbonyl (C=O) groups excluding carboxylic acids is 2. The van der Waals surface area contributed by atoms with Gasteiger partial charge in [-0.2, -0.15) is 0 Å². The molecule has 1 unspecified atom stereocenters. The van der Waals surface area contributed by atoms with Crippen LogP contribution < -0.4 is 9.64 Å². The second-order valence-electron chi connectivity index (χ2n) is 13.7. The SMILES string of the molecule is CC(C)=CCc1c(O)cc(O)c2c1O[C@@]13C(=C[C@H]4C(=O)C1(CC=C(C)C)OC[C@@H]3[C@H]4CN1CCN(c3ccccc3)CC1)C2=O. The maximum Gasteiger partial charge on any atom is 0.200 e. The van der Waals surface area contributed by atoms with Crippen LogP contribution >= 0.6 is 0 Å². The Morgan fingerprint density at radius 2 is 1.69 bits per heavy atom. The second-order valence-corrected chi connectivity index (χ2v) is 13.7. The Bertz CT molecular complexity index is 1640. The smallest absolute Gasteiger partial charge is 0.200 e. The Balaban J connectivity index is 1.29. The van der Waals surface area contributed by atoms with Crippen LogP contribution in [-0.2, 0) is 16.0 Å². The Hall–Kier alpha value is -3.88. The topological polar surface area (TPSA) is 99.5 Å². The number of hydrogen-bond acceptors (Lipinski definition) is 8. The van der Waals surface area contributed by atoms with Crippen molar-refractivity contribution in [3.8, 4) is 17.2 Å². The average Bonchev–Trinajstić information content (AvgIpc) is 3.30. The van der Waals surface area contributed by atoms with Gasteiger partial charge in [-0.15, -0.1) is 0 Å². The van der Waals surface area contributed by atoms with E-state index in [-0.39, 0.29) is 52.6 Å². The monoisotopic (exact) mass is 610 g/mol. The van der Waals surface area contributed by atoms with Crippen molar-refractivity contribution in [2.75, 3.05) is 44.2 Å². The fourth-order valence-corrected chi connectivity index (χ4v) is 8.36. The molecule has 8 nitrogen and oxygen atoms in total. The number of para-hydroxylation sites is 1. The standard InChI is InChI=1S/C37H42N2O6/c1-22(2)10-11-25-30(40)19-31(41)32-33(42)28-18-26-27(20-38-14-16-39(17-15-38)24-8-6-5-7-9-24)29-21-44-36(35(26)43,13-12-23(3)4)37(28,29)45-34(25)32/h5-10,12,18-19,26-27,29,40-41H,11,13-17,20-21H2,1-4H3/t26-,27+,29-,36?,37-/m1/s1. The molecule has 3 heterocycles. The highest BCUT2D eigenvalue weighted by Crippen LogP contribution is 2.65. The first-order chi connectivity index (χ1) is 21.6. The number of fused-ring (bicyclic) bond motifs is 1. The van der Waals surface area contributed by atoms with Crippen LogP contribution in [0.3, 0.4) is 0 Å². The van der Waals surface area contributed by atoms with Gasteiger partial charge in [-0.05, 0) is 52.2 Å². The zero-order chi connectivity index (χ0) is 31.7. The van der Waals surface area contributed by atoms with Crippen molar-refractivity contribution in [2.24, 2.45) is 17.8 Å². The van der Waals surface area contributed by atoms with Gasteiger partial charge in [0.25, 0.3) is 0 Å². The van der Waals surface area contributed by atoms with Gasteiger partial charge in [0.1, 0.15) is 22.8 Å². The van der Waals surface area contributed by atoms with E-state index in [1.807, 2.05) is 52.0 Å². The minimum atomic E-state index is -1.37. The van der Waals surface area contributed by atoms with E-state index in [0.29, 0.717) is 30.7 Å². The van der Waals surface area contributed by atoms with Crippen LogP contribution in [0.5, 0.6) is 17.2 Å². The third kappa shape index (κ3) is 4.40. The van der Waals surface area contributed by atoms with Crippen LogP contribution in [0.25, 0.3) is 0 Å². The molecule has 3 aliphatic heterocycles. The van der Waals surface area contributed by atoms with Gasteiger partial charge >= 0.3 is 0 Å². The van der Waals surface area contributed by atoms with E-state index in [4.69, 9.17) is 9.47 Å². The molecule has 1 saturated carbocycles. The van der Waals surface area contributed by atoms with Crippen LogP contribution in [0, 0.1) is 17.8 Å². The number of phenolic OH excluding ortho intramolecular Hbond substituents is 2. The quantitative estimate of drug-likeness (QED) is 0.411. The van der Waals surface area contributed by atoms with E-state index in [1.165, 1.54) is 11.8 Å². The zero-order valence-corrected chi connectivity index (χ0v) is 26.5. The van der Waals surface area contributed by atoms with Crippen LogP contribution in [0.4, 0.5) is 5.69 Å². The fourth-order valence-electron chi connectivity index (χ4n) is 8.36. The number of Topliss-reactive ketones (excluding diaryl/α,β-unsaturated/α-hetero) is 2. The predicted octanol–water partition coefficient (Wildman–Crippen LogP) is 5.24. The molecule has 2 aromatic carbocycles. The van der Waals surface area contributed by atoms with Gasteiger partial charge < -0.3 is 24.6 Å². The number of aromatic hydroxyl groups is 2. The molecule has 4 bridgehead atoms. The number of benzene rings is 2. The van der Waals surface area contributed by atoms with Crippen molar-refractivity contribution in [2.45, 2.75) is 51.7 Å². The Kier molecular flexibility index (Phi) is 7.21. The molecule has 0 aromatic heterocycles. The first-order valence-corrected chi connectivity index (χ1v) is 16.1. The fraction of sp³-hybridized carbons (Fsp3) is 0.459. The van der Waals surface area contributed by atoms with Crippen molar-refractivity contribution in [1.29, 1.82) is 0 Å². The summed E-state index contributed by atoms with van der Waals surface area (Å²) in [6.45, 7) is 12.4. The van der Waals surface area contributed by atoms with Crippen molar-refractivity contribution in [3.63, 3.8) is 0 Å². The molecular weight excluding hydrogens is 568 g/mol. The van der Waals surface area contributed by atoms with Gasteiger partial charge in [-0.25, -0.2) is 0 Å². The molecule has 5 atom stereocenters. The Morgan fingerprint density at radius 3 is 2.38 bits per heavy atom. The highest BCUT2D eigenvalue weighted by Gasteiger charge is 2.79. The van der Waals surface area contributed by atoms with Gasteiger partial charge in [-0.3, -0.25) is 14.5 Å². The van der Waals surface area contributed by atoms with Crippen LogP contribution in [0.15, 0.2) is 71.3 Å². The van der Waals surface area contributed by atoms with Gasteiger partial charge in [0.15, 0.2) is 22.8 Å². The molecule has 2 aromatic rings. The molecule has 6 aliphatic rings. The summed E-state index contributed by atoms with van der Waals surface area (Å²) in [5.41, 5.74) is 1.46. The lowest BCUT2D eigenvalue weighted by molar-refractivity contribution is -0.171. The van der Waals surface area contributed by atoms with Gasteiger partial charge in [0.2, 0.25) is 0 Å². The molecule has 1 spiro atoms. The maximum atomic E-state index is 14.6. The van der Waals surface area contributed by atoms with Crippen molar-refractivity contribution >= 4 is 17.3 Å². The first kappa shape index (κ1) is 29.8. The predicted molar refractivity (Wildman–Crippen MR) is 172 cm³/mol. The van der Waals surface area contributed by atoms with E-state index in [0.717, 1.165) is 37.3 Å². The summed E-state index contributed by atoms with van der Waals surface area (Å²) in [4.78, 5) is 33.9. The molecule has 45 heavy (non-hydrogen) atoms. The van der Waals surface area contributed by atoms with Gasteiger partial charge in [0, 0.05) is 73.9 Å². The number of piperazine rings is 1. The second kappa shape index (κ2) is 10.9. The summed E-state index contributed by atoms with van der Waals surface area (Å²) in [6, 6.07) is 11.6. The molecule has 236 valence electrons. The Labute approximate surface area is 264 Å². The summed E-state index contributed by atoms with van der Waals surface area (Å²) >= 11 is 0. The van der Waals surface area contributed by atoms with Crippen LogP contribution in [-0.4, -0.2) is 77.2 Å². The average molecular weight is 611 g/mol. The summed E-state index contributed by atoms with van der Waals surface area (Å²) in [5.74, 6) is -1.55. The number of anilines is 1. The third-order valence-corrected chi connectivity index (χ3v) is 10.6. The minimum absolute atomic E-state index is 0.0445. The normalized spacial score (nSPS) is 29.9. The molecule has 2 N–H and O–H groups in total. The number of phenols is 2. The first-order valence-electron chi connectivity index (χ1n) is 16.1. The lowest BCUT2D eigenvalue weighted by Crippen LogP contribution is -2.74. The Morgan fingerprint density at radius 1 is 0.978 bits per heavy atom. The summed E-state index contributed by atoms with van der Waals surface area (Å²) in [5, 5.41) is 22.0. The molecule has 0 radical (unpaired) electrons. The van der Waals surface area contributed by atoms with E-state index in [1.54, 1.807) is 0 Å². The van der Waals surface area contributed by atoms with E-state index >= 15 is 0 Å². The molecule has 8 heteroatoms. The lowest BCUT2D eigenvalue weighted by atomic mass is 9.49. The molecule has 2 saturated heterocycles. The van der Waals surface area contributed by atoms with Crippen LogP contribution in [0.2, 0.25) is 0 Å². The van der Waals surface area contributed by atoms with Gasteiger partial charge in [-0.1, -0.05) is 47.6 Å². The van der Waals surface area contributed by atoms with E-state index < -0.39 is 17.1 Å². The summed E-state index contributed by atoms with van der Waals surface area (Å²) in [6.07, 6.45) is 6.38. The van der Waals surface area contributed by atoms with Crippen molar-refractivity contribution < 1.29 is 29.3 Å².